The fraction of sp³-hybridized carbons (Fsp3) is 0.231. The Labute approximate surface area is 109 Å². The number of thiazole rings is 1. The lowest BCUT2D eigenvalue weighted by Gasteiger charge is -2.06. The Bertz CT molecular complexity index is 548. The maximum absolute atomic E-state index is 11.0. The molecular formula is C13H14N2O2S. The van der Waals surface area contributed by atoms with Gasteiger partial charge in [0.05, 0.1) is 5.69 Å². The topological polar surface area (TPSA) is 62.2 Å². The number of hydrogen-bond donors (Lipinski definition) is 2. The van der Waals surface area contributed by atoms with Gasteiger partial charge in [0, 0.05) is 10.9 Å². The number of likely N-dealkylation sites (N-methyl/N-ethyl adjacent to an activating group) is 1. The lowest BCUT2D eigenvalue weighted by atomic mass is 10.1. The number of aromatic nitrogens is 1. The highest BCUT2D eigenvalue weighted by molar-refractivity contribution is 7.10. The van der Waals surface area contributed by atoms with E-state index in [1.54, 1.807) is 7.05 Å². The number of hydrogen-bond acceptors (Lipinski definition) is 4. The van der Waals surface area contributed by atoms with Gasteiger partial charge in [-0.1, -0.05) is 29.8 Å². The van der Waals surface area contributed by atoms with Gasteiger partial charge in [-0.05, 0) is 14.0 Å². The maximum Gasteiger partial charge on any atom is 0.327 e. The van der Waals surface area contributed by atoms with Crippen molar-refractivity contribution < 1.29 is 9.90 Å². The zero-order valence-electron chi connectivity index (χ0n) is 10.2. The van der Waals surface area contributed by atoms with Crippen LogP contribution in [-0.2, 0) is 4.79 Å². The summed E-state index contributed by atoms with van der Waals surface area (Å²) >= 11 is 1.36. The van der Waals surface area contributed by atoms with Crippen LogP contribution in [0.2, 0.25) is 0 Å². The van der Waals surface area contributed by atoms with Gasteiger partial charge in [-0.25, -0.2) is 4.98 Å². The van der Waals surface area contributed by atoms with E-state index in [0.29, 0.717) is 5.01 Å². The zero-order chi connectivity index (χ0) is 13.1. The Hall–Kier alpha value is -1.72. The van der Waals surface area contributed by atoms with E-state index < -0.39 is 12.0 Å². The van der Waals surface area contributed by atoms with Crippen molar-refractivity contribution in [2.75, 3.05) is 7.05 Å². The molecule has 0 aliphatic heterocycles. The van der Waals surface area contributed by atoms with Crippen LogP contribution in [0.15, 0.2) is 29.6 Å². The molecular weight excluding hydrogens is 248 g/mol. The minimum Gasteiger partial charge on any atom is -0.480 e. The van der Waals surface area contributed by atoms with Gasteiger partial charge in [0.1, 0.15) is 5.01 Å². The maximum atomic E-state index is 11.0. The van der Waals surface area contributed by atoms with Gasteiger partial charge in [0.15, 0.2) is 6.04 Å². The van der Waals surface area contributed by atoms with Crippen LogP contribution in [0.4, 0.5) is 0 Å². The molecule has 4 nitrogen and oxygen atoms in total. The molecule has 1 heterocycles. The molecule has 0 saturated heterocycles. The highest BCUT2D eigenvalue weighted by Gasteiger charge is 2.21. The molecule has 0 bridgehead atoms. The van der Waals surface area contributed by atoms with Crippen molar-refractivity contribution in [1.82, 2.24) is 10.3 Å². The monoisotopic (exact) mass is 262 g/mol. The first-order valence-corrected chi connectivity index (χ1v) is 6.42. The Morgan fingerprint density at radius 1 is 1.39 bits per heavy atom. The van der Waals surface area contributed by atoms with Crippen LogP contribution in [0.5, 0.6) is 0 Å². The van der Waals surface area contributed by atoms with Crippen molar-refractivity contribution in [2.45, 2.75) is 13.0 Å². The van der Waals surface area contributed by atoms with E-state index in [0.717, 1.165) is 11.3 Å². The average molecular weight is 262 g/mol. The second kappa shape index (κ2) is 5.29. The largest absolute Gasteiger partial charge is 0.480 e. The lowest BCUT2D eigenvalue weighted by Crippen LogP contribution is -2.24. The van der Waals surface area contributed by atoms with Gasteiger partial charge in [0.2, 0.25) is 0 Å². The van der Waals surface area contributed by atoms with E-state index >= 15 is 0 Å². The summed E-state index contributed by atoms with van der Waals surface area (Å²) in [5.74, 6) is -0.915. The van der Waals surface area contributed by atoms with Crippen LogP contribution in [0.1, 0.15) is 16.6 Å². The summed E-state index contributed by atoms with van der Waals surface area (Å²) in [5, 5.41) is 14.2. The molecule has 5 heteroatoms. The third-order valence-corrected chi connectivity index (χ3v) is 3.56. The Balaban J connectivity index is 2.30. The highest BCUT2D eigenvalue weighted by Crippen LogP contribution is 2.25. The van der Waals surface area contributed by atoms with E-state index in [-0.39, 0.29) is 0 Å². The summed E-state index contributed by atoms with van der Waals surface area (Å²) in [7, 11) is 1.62. The quantitative estimate of drug-likeness (QED) is 0.888. The van der Waals surface area contributed by atoms with E-state index in [2.05, 4.69) is 10.3 Å². The highest BCUT2D eigenvalue weighted by atomic mass is 32.1. The number of nitrogens with one attached hydrogen (secondary N) is 1. The molecule has 2 N–H and O–H groups in total. The number of rotatable bonds is 4. The molecule has 0 aliphatic rings. The van der Waals surface area contributed by atoms with Crippen molar-refractivity contribution in [3.63, 3.8) is 0 Å². The lowest BCUT2D eigenvalue weighted by molar-refractivity contribution is -0.139. The summed E-state index contributed by atoms with van der Waals surface area (Å²) in [4.78, 5) is 15.4. The van der Waals surface area contributed by atoms with Crippen LogP contribution in [-0.4, -0.2) is 23.1 Å². The fourth-order valence-corrected chi connectivity index (χ4v) is 2.56. The molecule has 1 aromatic carbocycles. The van der Waals surface area contributed by atoms with Gasteiger partial charge in [-0.3, -0.25) is 4.79 Å². The standard InChI is InChI=1S/C13H14N2O2S/c1-8-3-5-9(6-4-8)10-7-18-12(15-10)11(14-2)13(16)17/h3-7,11,14H,1-2H3,(H,16,17). The van der Waals surface area contributed by atoms with Crippen molar-refractivity contribution in [3.8, 4) is 11.3 Å². The first-order valence-electron chi connectivity index (χ1n) is 5.54. The number of carboxylic acids is 1. The molecule has 2 rings (SSSR count). The van der Waals surface area contributed by atoms with Crippen molar-refractivity contribution >= 4 is 17.3 Å². The summed E-state index contributed by atoms with van der Waals surface area (Å²) < 4.78 is 0. The van der Waals surface area contributed by atoms with E-state index in [9.17, 15) is 4.79 Å². The summed E-state index contributed by atoms with van der Waals surface area (Å²) in [6, 6.07) is 7.27. The van der Waals surface area contributed by atoms with Crippen LogP contribution < -0.4 is 5.32 Å². The predicted molar refractivity (Wildman–Crippen MR) is 71.7 cm³/mol. The number of benzene rings is 1. The molecule has 1 aromatic heterocycles. The second-order valence-electron chi connectivity index (χ2n) is 4.00. The van der Waals surface area contributed by atoms with Gasteiger partial charge >= 0.3 is 5.97 Å². The van der Waals surface area contributed by atoms with Crippen molar-refractivity contribution in [1.29, 1.82) is 0 Å². The molecule has 0 amide bonds. The van der Waals surface area contributed by atoms with E-state index in [4.69, 9.17) is 5.11 Å². The van der Waals surface area contributed by atoms with Crippen LogP contribution in [0.25, 0.3) is 11.3 Å². The molecule has 1 atom stereocenters. The van der Waals surface area contributed by atoms with Gasteiger partial charge < -0.3 is 10.4 Å². The molecule has 18 heavy (non-hydrogen) atoms. The molecule has 0 radical (unpaired) electrons. The molecule has 0 fully saturated rings. The van der Waals surface area contributed by atoms with Crippen molar-refractivity contribution in [3.05, 3.63) is 40.2 Å². The van der Waals surface area contributed by atoms with Gasteiger partial charge in [-0.2, -0.15) is 0 Å². The molecule has 2 aromatic rings. The normalized spacial score (nSPS) is 12.3. The fourth-order valence-electron chi connectivity index (χ4n) is 1.63. The molecule has 0 aliphatic carbocycles. The number of carbonyl (C=O) groups is 1. The van der Waals surface area contributed by atoms with Crippen LogP contribution in [0, 0.1) is 6.92 Å². The predicted octanol–water partition coefficient (Wildman–Crippen LogP) is 2.46. The number of aliphatic carboxylic acids is 1. The number of nitrogens with zero attached hydrogens (tertiary/aromatic N) is 1. The molecule has 0 saturated carbocycles. The summed E-state index contributed by atoms with van der Waals surface area (Å²) in [6.07, 6.45) is 0. The van der Waals surface area contributed by atoms with E-state index in [1.165, 1.54) is 16.9 Å². The minimum atomic E-state index is -0.915. The molecule has 1 unspecified atom stereocenters. The first-order chi connectivity index (χ1) is 8.61. The third kappa shape index (κ3) is 2.57. The smallest absolute Gasteiger partial charge is 0.327 e. The zero-order valence-corrected chi connectivity index (χ0v) is 11.0. The number of aryl methyl sites for hydroxylation is 1. The summed E-state index contributed by atoms with van der Waals surface area (Å²) in [6.45, 7) is 2.03. The van der Waals surface area contributed by atoms with E-state index in [1.807, 2.05) is 36.6 Å². The second-order valence-corrected chi connectivity index (χ2v) is 4.89. The van der Waals surface area contributed by atoms with Gasteiger partial charge in [-0.15, -0.1) is 11.3 Å². The Morgan fingerprint density at radius 3 is 2.61 bits per heavy atom. The number of carboxylic acid groups (broad SMARTS) is 1. The summed E-state index contributed by atoms with van der Waals surface area (Å²) in [5.41, 5.74) is 3.01. The van der Waals surface area contributed by atoms with Crippen LogP contribution >= 0.6 is 11.3 Å². The third-order valence-electron chi connectivity index (χ3n) is 2.65. The molecule has 94 valence electrons. The first kappa shape index (κ1) is 12.7. The molecule has 0 spiro atoms. The Kier molecular flexibility index (Phi) is 3.74. The average Bonchev–Trinajstić information content (AvgIpc) is 2.80. The van der Waals surface area contributed by atoms with Crippen LogP contribution in [0.3, 0.4) is 0 Å². The SMILES string of the molecule is CNC(C(=O)O)c1nc(-c2ccc(C)cc2)cs1. The Morgan fingerprint density at radius 2 is 2.06 bits per heavy atom. The minimum absolute atomic E-state index is 0.570. The van der Waals surface area contributed by atoms with Crippen molar-refractivity contribution in [2.24, 2.45) is 0 Å². The van der Waals surface area contributed by atoms with Gasteiger partial charge in [0.25, 0.3) is 0 Å².